The summed E-state index contributed by atoms with van der Waals surface area (Å²) in [5.74, 6) is 0. The van der Waals surface area contributed by atoms with Gasteiger partial charge in [-0.1, -0.05) is 72.3 Å². The van der Waals surface area contributed by atoms with Gasteiger partial charge in [-0.15, -0.1) is 0 Å². The van der Waals surface area contributed by atoms with E-state index in [1.807, 2.05) is 0 Å². The highest BCUT2D eigenvalue weighted by molar-refractivity contribution is 5.84. The monoisotopic (exact) mass is 354 g/mol. The van der Waals surface area contributed by atoms with E-state index >= 15 is 0 Å². The van der Waals surface area contributed by atoms with Crippen LogP contribution in [0.25, 0.3) is 10.9 Å². The van der Waals surface area contributed by atoms with Crippen molar-refractivity contribution in [3.63, 3.8) is 0 Å². The molecule has 0 unspecified atom stereocenters. The van der Waals surface area contributed by atoms with Crippen LogP contribution in [0.2, 0.25) is 0 Å². The first-order valence-corrected chi connectivity index (χ1v) is 9.58. The van der Waals surface area contributed by atoms with Crippen LogP contribution >= 0.6 is 0 Å². The number of benzene rings is 3. The number of aromatic nitrogens is 1. The predicted molar refractivity (Wildman–Crippen MR) is 114 cm³/mol. The fraction of sp³-hybridized carbons (Fsp3) is 0.200. The molecule has 0 atom stereocenters. The first-order chi connectivity index (χ1) is 13.2. The third-order valence-corrected chi connectivity index (χ3v) is 5.24. The molecule has 0 amide bonds. The van der Waals surface area contributed by atoms with Gasteiger partial charge in [-0.3, -0.25) is 0 Å². The summed E-state index contributed by atoms with van der Waals surface area (Å²) in [4.78, 5) is 0. The lowest BCUT2D eigenvalue weighted by atomic mass is 10.1. The average molecular weight is 354 g/mol. The van der Waals surface area contributed by atoms with Crippen molar-refractivity contribution in [2.45, 2.75) is 33.5 Å². The topological polar surface area (TPSA) is 17.0 Å². The van der Waals surface area contributed by atoms with Gasteiger partial charge in [0.15, 0.2) is 0 Å². The van der Waals surface area contributed by atoms with Crippen LogP contribution < -0.4 is 5.32 Å². The molecule has 0 radical (unpaired) electrons. The summed E-state index contributed by atoms with van der Waals surface area (Å²) in [5, 5.41) is 4.94. The Morgan fingerprint density at radius 2 is 1.48 bits per heavy atom. The molecule has 0 saturated carbocycles. The van der Waals surface area contributed by atoms with E-state index in [-0.39, 0.29) is 0 Å². The van der Waals surface area contributed by atoms with Crippen molar-refractivity contribution in [3.05, 3.63) is 107 Å². The van der Waals surface area contributed by atoms with E-state index in [1.165, 1.54) is 38.7 Å². The van der Waals surface area contributed by atoms with Gasteiger partial charge in [0.1, 0.15) is 0 Å². The Hall–Kier alpha value is -2.84. The maximum Gasteiger partial charge on any atom is 0.0486 e. The van der Waals surface area contributed by atoms with Crippen molar-refractivity contribution in [2.24, 2.45) is 0 Å². The van der Waals surface area contributed by atoms with Gasteiger partial charge >= 0.3 is 0 Å². The molecule has 136 valence electrons. The molecule has 3 aromatic carbocycles. The van der Waals surface area contributed by atoms with E-state index in [0.717, 1.165) is 19.6 Å². The lowest BCUT2D eigenvalue weighted by Crippen LogP contribution is -2.12. The van der Waals surface area contributed by atoms with Gasteiger partial charge in [0.05, 0.1) is 0 Å². The molecular formula is C25H26N2. The van der Waals surface area contributed by atoms with Crippen LogP contribution in [0.5, 0.6) is 0 Å². The molecule has 0 aliphatic heterocycles. The number of para-hydroxylation sites is 1. The molecule has 2 heteroatoms. The summed E-state index contributed by atoms with van der Waals surface area (Å²) in [7, 11) is 0. The maximum absolute atomic E-state index is 3.60. The fourth-order valence-corrected chi connectivity index (χ4v) is 3.61. The van der Waals surface area contributed by atoms with E-state index in [0.29, 0.717) is 0 Å². The van der Waals surface area contributed by atoms with Crippen molar-refractivity contribution in [2.75, 3.05) is 0 Å². The van der Waals surface area contributed by atoms with Gasteiger partial charge in [-0.25, -0.2) is 0 Å². The van der Waals surface area contributed by atoms with Crippen LogP contribution in [0.4, 0.5) is 0 Å². The second-order valence-electron chi connectivity index (χ2n) is 7.32. The number of nitrogens with zero attached hydrogens (tertiary/aromatic N) is 1. The molecule has 27 heavy (non-hydrogen) atoms. The van der Waals surface area contributed by atoms with E-state index in [9.17, 15) is 0 Å². The minimum atomic E-state index is 0.870. The zero-order valence-corrected chi connectivity index (χ0v) is 16.1. The number of rotatable bonds is 6. The smallest absolute Gasteiger partial charge is 0.0486 e. The van der Waals surface area contributed by atoms with Gasteiger partial charge in [-0.2, -0.15) is 0 Å². The lowest BCUT2D eigenvalue weighted by molar-refractivity contribution is 0.692. The number of fused-ring (bicyclic) bond motifs is 1. The number of nitrogens with one attached hydrogen (secondary N) is 1. The molecule has 0 aliphatic rings. The van der Waals surface area contributed by atoms with Gasteiger partial charge in [0.25, 0.3) is 0 Å². The van der Waals surface area contributed by atoms with Crippen LogP contribution in [0.3, 0.4) is 0 Å². The Bertz CT molecular complexity index is 1040. The zero-order valence-electron chi connectivity index (χ0n) is 16.1. The van der Waals surface area contributed by atoms with Gasteiger partial charge in [0, 0.05) is 36.7 Å². The quantitative estimate of drug-likeness (QED) is 0.477. The maximum atomic E-state index is 3.60. The molecule has 0 aliphatic carbocycles. The first-order valence-electron chi connectivity index (χ1n) is 9.58. The third-order valence-electron chi connectivity index (χ3n) is 5.24. The Labute approximate surface area is 161 Å². The van der Waals surface area contributed by atoms with Crippen LogP contribution in [-0.2, 0) is 19.6 Å². The molecule has 4 rings (SSSR count). The largest absolute Gasteiger partial charge is 0.343 e. The summed E-state index contributed by atoms with van der Waals surface area (Å²) in [6, 6.07) is 26.1. The summed E-state index contributed by atoms with van der Waals surface area (Å²) in [5.41, 5.74) is 7.99. The number of aryl methyl sites for hydroxylation is 2. The SMILES string of the molecule is Cc1ccc(CNCc2cn(Cc3ccccc3C)c3ccccc23)cc1. The highest BCUT2D eigenvalue weighted by atomic mass is 15.0. The predicted octanol–water partition coefficient (Wildman–Crippen LogP) is 5.60. The van der Waals surface area contributed by atoms with Crippen molar-refractivity contribution in [1.29, 1.82) is 0 Å². The fourth-order valence-electron chi connectivity index (χ4n) is 3.61. The van der Waals surface area contributed by atoms with E-state index in [1.54, 1.807) is 0 Å². The molecule has 1 N–H and O–H groups in total. The standard InChI is InChI=1S/C25H26N2/c1-19-11-13-21(14-12-19)15-26-16-23-18-27(25-10-6-5-9-24(23)25)17-22-8-4-3-7-20(22)2/h3-14,18,26H,15-17H2,1-2H3. The Kier molecular flexibility index (Phi) is 5.08. The Balaban J connectivity index is 1.54. The highest BCUT2D eigenvalue weighted by Gasteiger charge is 2.09. The van der Waals surface area contributed by atoms with E-state index in [2.05, 4.69) is 103 Å². The lowest BCUT2D eigenvalue weighted by Gasteiger charge is -2.08. The average Bonchev–Trinajstić information content (AvgIpc) is 3.03. The molecule has 0 saturated heterocycles. The summed E-state index contributed by atoms with van der Waals surface area (Å²) in [6.45, 7) is 6.98. The van der Waals surface area contributed by atoms with Gasteiger partial charge in [-0.05, 0) is 42.2 Å². The minimum absolute atomic E-state index is 0.870. The van der Waals surface area contributed by atoms with Crippen LogP contribution in [0.1, 0.15) is 27.8 Å². The van der Waals surface area contributed by atoms with Crippen molar-refractivity contribution in [3.8, 4) is 0 Å². The second kappa shape index (κ2) is 7.81. The molecule has 2 nitrogen and oxygen atoms in total. The molecule has 0 fully saturated rings. The number of hydrogen-bond acceptors (Lipinski definition) is 1. The van der Waals surface area contributed by atoms with Crippen molar-refractivity contribution >= 4 is 10.9 Å². The zero-order chi connectivity index (χ0) is 18.6. The number of hydrogen-bond donors (Lipinski definition) is 1. The molecular weight excluding hydrogens is 328 g/mol. The molecule has 1 aromatic heterocycles. The van der Waals surface area contributed by atoms with Gasteiger partial charge < -0.3 is 9.88 Å². The highest BCUT2D eigenvalue weighted by Crippen LogP contribution is 2.23. The Morgan fingerprint density at radius 1 is 0.741 bits per heavy atom. The molecule has 4 aromatic rings. The molecule has 1 heterocycles. The second-order valence-corrected chi connectivity index (χ2v) is 7.32. The molecule has 0 bridgehead atoms. The van der Waals surface area contributed by atoms with Gasteiger partial charge in [0.2, 0.25) is 0 Å². The minimum Gasteiger partial charge on any atom is -0.343 e. The van der Waals surface area contributed by atoms with E-state index < -0.39 is 0 Å². The summed E-state index contributed by atoms with van der Waals surface area (Å²) >= 11 is 0. The van der Waals surface area contributed by atoms with Crippen molar-refractivity contribution in [1.82, 2.24) is 9.88 Å². The normalized spacial score (nSPS) is 11.2. The van der Waals surface area contributed by atoms with Crippen LogP contribution in [0.15, 0.2) is 79.0 Å². The Morgan fingerprint density at radius 3 is 2.30 bits per heavy atom. The van der Waals surface area contributed by atoms with Crippen LogP contribution in [0, 0.1) is 13.8 Å². The summed E-state index contributed by atoms with van der Waals surface area (Å²) in [6.07, 6.45) is 2.30. The molecule has 0 spiro atoms. The third kappa shape index (κ3) is 3.96. The summed E-state index contributed by atoms with van der Waals surface area (Å²) < 4.78 is 2.38. The van der Waals surface area contributed by atoms with E-state index in [4.69, 9.17) is 0 Å². The van der Waals surface area contributed by atoms with Crippen molar-refractivity contribution < 1.29 is 0 Å². The first kappa shape index (κ1) is 17.6. The van der Waals surface area contributed by atoms with Crippen LogP contribution in [-0.4, -0.2) is 4.57 Å².